The molecule has 0 fully saturated rings. The van der Waals surface area contributed by atoms with Crippen LogP contribution in [0.25, 0.3) is 0 Å². The fourth-order valence-electron chi connectivity index (χ4n) is 2.16. The van der Waals surface area contributed by atoms with Gasteiger partial charge < -0.3 is 14.8 Å². The lowest BCUT2D eigenvalue weighted by atomic mass is 10.1. The summed E-state index contributed by atoms with van der Waals surface area (Å²) in [6.45, 7) is 6.75. The van der Waals surface area contributed by atoms with E-state index in [-0.39, 0.29) is 0 Å². The van der Waals surface area contributed by atoms with Gasteiger partial charge in [-0.15, -0.1) is 0 Å². The zero-order chi connectivity index (χ0) is 18.1. The lowest BCUT2D eigenvalue weighted by Gasteiger charge is -2.12. The number of hydrogen-bond donors (Lipinski definition) is 2. The number of hydrazone groups is 1. The largest absolute Gasteiger partial charge is 0.490 e. The minimum atomic E-state index is -0.401. The number of ether oxygens (including phenoxy) is 2. The second-order valence-electron chi connectivity index (χ2n) is 5.16. The molecule has 0 heterocycles. The van der Waals surface area contributed by atoms with Gasteiger partial charge in [0.25, 0.3) is 0 Å². The lowest BCUT2D eigenvalue weighted by Crippen LogP contribution is -2.25. The van der Waals surface area contributed by atoms with Crippen LogP contribution in [0.5, 0.6) is 11.5 Å². The molecule has 6 nitrogen and oxygen atoms in total. The number of urea groups is 1. The molecule has 2 aromatic rings. The van der Waals surface area contributed by atoms with Crippen LogP contribution in [0, 0.1) is 0 Å². The number of benzene rings is 2. The summed E-state index contributed by atoms with van der Waals surface area (Å²) in [7, 11) is 0. The topological polar surface area (TPSA) is 72.0 Å². The van der Waals surface area contributed by atoms with E-state index in [1.807, 2.05) is 57.2 Å². The molecule has 0 unspecified atom stereocenters. The van der Waals surface area contributed by atoms with Crippen molar-refractivity contribution in [3.8, 4) is 11.5 Å². The van der Waals surface area contributed by atoms with Crippen molar-refractivity contribution in [1.29, 1.82) is 0 Å². The van der Waals surface area contributed by atoms with E-state index in [2.05, 4.69) is 15.8 Å². The Bertz CT molecular complexity index is 730. The molecule has 0 radical (unpaired) electrons. The minimum absolute atomic E-state index is 0.401. The van der Waals surface area contributed by atoms with E-state index in [1.165, 1.54) is 0 Å². The van der Waals surface area contributed by atoms with E-state index in [4.69, 9.17) is 9.47 Å². The first kappa shape index (κ1) is 18.3. The average molecular weight is 341 g/mol. The van der Waals surface area contributed by atoms with Crippen molar-refractivity contribution in [3.05, 3.63) is 54.1 Å². The second-order valence-corrected chi connectivity index (χ2v) is 5.16. The molecule has 2 rings (SSSR count). The molecule has 0 atom stereocenters. The summed E-state index contributed by atoms with van der Waals surface area (Å²) in [5.41, 5.74) is 4.69. The Kier molecular flexibility index (Phi) is 6.83. The van der Waals surface area contributed by atoms with E-state index in [0.717, 1.165) is 5.56 Å². The van der Waals surface area contributed by atoms with Crippen LogP contribution in [0.4, 0.5) is 10.5 Å². The number of amides is 2. The molecule has 0 aliphatic heterocycles. The fraction of sp³-hybridized carbons (Fsp3) is 0.263. The van der Waals surface area contributed by atoms with Gasteiger partial charge in [0.15, 0.2) is 11.5 Å². The Morgan fingerprint density at radius 1 is 1.00 bits per heavy atom. The summed E-state index contributed by atoms with van der Waals surface area (Å²) in [5, 5.41) is 6.83. The Balaban J connectivity index is 2.05. The molecular weight excluding hydrogens is 318 g/mol. The van der Waals surface area contributed by atoms with E-state index in [1.54, 1.807) is 12.1 Å². The van der Waals surface area contributed by atoms with Crippen molar-refractivity contribution >= 4 is 17.4 Å². The molecule has 25 heavy (non-hydrogen) atoms. The standard InChI is InChI=1S/C19H23N3O3/c1-4-24-17-12-11-15(13-18(17)25-5-2)14(3)21-22-19(23)20-16-9-7-6-8-10-16/h6-13H,4-5H2,1-3H3,(H2,20,22,23)/b21-14-. The van der Waals surface area contributed by atoms with Crippen LogP contribution in [-0.2, 0) is 0 Å². The third-order valence-electron chi connectivity index (χ3n) is 3.32. The van der Waals surface area contributed by atoms with Crippen LogP contribution in [0.2, 0.25) is 0 Å². The highest BCUT2D eigenvalue weighted by atomic mass is 16.5. The number of hydrogen-bond acceptors (Lipinski definition) is 4. The van der Waals surface area contributed by atoms with Crippen molar-refractivity contribution in [2.24, 2.45) is 5.10 Å². The Morgan fingerprint density at radius 3 is 2.36 bits per heavy atom. The molecule has 132 valence electrons. The number of anilines is 1. The van der Waals surface area contributed by atoms with Crippen LogP contribution in [-0.4, -0.2) is 25.0 Å². The first-order valence-electron chi connectivity index (χ1n) is 8.20. The van der Waals surface area contributed by atoms with Gasteiger partial charge in [0.2, 0.25) is 0 Å². The van der Waals surface area contributed by atoms with Gasteiger partial charge in [0.05, 0.1) is 18.9 Å². The smallest absolute Gasteiger partial charge is 0.339 e. The normalized spacial score (nSPS) is 10.9. The van der Waals surface area contributed by atoms with Gasteiger partial charge >= 0.3 is 6.03 Å². The van der Waals surface area contributed by atoms with Crippen molar-refractivity contribution in [2.45, 2.75) is 20.8 Å². The summed E-state index contributed by atoms with van der Waals surface area (Å²) in [6, 6.07) is 14.3. The zero-order valence-electron chi connectivity index (χ0n) is 14.7. The quantitative estimate of drug-likeness (QED) is 0.590. The third-order valence-corrected chi connectivity index (χ3v) is 3.32. The lowest BCUT2D eigenvalue weighted by molar-refractivity contribution is 0.252. The number of rotatable bonds is 7. The van der Waals surface area contributed by atoms with Crippen molar-refractivity contribution in [3.63, 3.8) is 0 Å². The highest BCUT2D eigenvalue weighted by molar-refractivity contribution is 6.00. The molecule has 6 heteroatoms. The minimum Gasteiger partial charge on any atom is -0.490 e. The zero-order valence-corrected chi connectivity index (χ0v) is 14.7. The molecule has 0 saturated heterocycles. The molecule has 0 aliphatic carbocycles. The van der Waals surface area contributed by atoms with Gasteiger partial charge in [-0.3, -0.25) is 0 Å². The summed E-state index contributed by atoms with van der Waals surface area (Å²) in [5.74, 6) is 1.35. The van der Waals surface area contributed by atoms with Crippen LogP contribution >= 0.6 is 0 Å². The van der Waals surface area contributed by atoms with Crippen molar-refractivity contribution in [1.82, 2.24) is 5.43 Å². The first-order valence-corrected chi connectivity index (χ1v) is 8.20. The summed E-state index contributed by atoms with van der Waals surface area (Å²) >= 11 is 0. The number of nitrogens with one attached hydrogen (secondary N) is 2. The van der Waals surface area contributed by atoms with Crippen LogP contribution in [0.15, 0.2) is 53.6 Å². The first-order chi connectivity index (χ1) is 12.1. The van der Waals surface area contributed by atoms with E-state index in [9.17, 15) is 4.79 Å². The van der Waals surface area contributed by atoms with Crippen LogP contribution < -0.4 is 20.2 Å². The summed E-state index contributed by atoms with van der Waals surface area (Å²) in [4.78, 5) is 11.9. The molecule has 0 aliphatic rings. The molecule has 0 aromatic heterocycles. The predicted octanol–water partition coefficient (Wildman–Crippen LogP) is 4.03. The Hall–Kier alpha value is -3.02. The van der Waals surface area contributed by atoms with E-state index in [0.29, 0.717) is 36.1 Å². The molecular formula is C19H23N3O3. The maximum Gasteiger partial charge on any atom is 0.339 e. The van der Waals surface area contributed by atoms with Crippen molar-refractivity contribution in [2.75, 3.05) is 18.5 Å². The molecule has 2 aromatic carbocycles. The monoisotopic (exact) mass is 341 g/mol. The highest BCUT2D eigenvalue weighted by Crippen LogP contribution is 2.28. The van der Waals surface area contributed by atoms with Gasteiger partial charge in [-0.25, -0.2) is 10.2 Å². The molecule has 0 saturated carbocycles. The van der Waals surface area contributed by atoms with Crippen LogP contribution in [0.3, 0.4) is 0 Å². The average Bonchev–Trinajstić information content (AvgIpc) is 2.62. The van der Waals surface area contributed by atoms with Gasteiger partial charge in [-0.1, -0.05) is 18.2 Å². The summed E-state index contributed by atoms with van der Waals surface area (Å²) in [6.07, 6.45) is 0. The maximum atomic E-state index is 11.9. The third kappa shape index (κ3) is 5.53. The van der Waals surface area contributed by atoms with Crippen molar-refractivity contribution < 1.29 is 14.3 Å². The number of carbonyl (C=O) groups excluding carboxylic acids is 1. The maximum absolute atomic E-state index is 11.9. The number of nitrogens with zero attached hydrogens (tertiary/aromatic N) is 1. The number of para-hydroxylation sites is 1. The van der Waals surface area contributed by atoms with Gasteiger partial charge in [0, 0.05) is 11.3 Å². The SMILES string of the molecule is CCOc1ccc(/C(C)=N\NC(=O)Nc2ccccc2)cc1OCC. The Labute approximate surface area is 147 Å². The molecule has 0 spiro atoms. The molecule has 2 amide bonds. The van der Waals surface area contributed by atoms with Crippen LogP contribution in [0.1, 0.15) is 26.3 Å². The fourth-order valence-corrected chi connectivity index (χ4v) is 2.16. The van der Waals surface area contributed by atoms with Gasteiger partial charge in [0.1, 0.15) is 0 Å². The molecule has 0 bridgehead atoms. The van der Waals surface area contributed by atoms with Gasteiger partial charge in [-0.05, 0) is 51.1 Å². The van der Waals surface area contributed by atoms with E-state index >= 15 is 0 Å². The Morgan fingerprint density at radius 2 is 1.68 bits per heavy atom. The number of carbonyl (C=O) groups is 1. The van der Waals surface area contributed by atoms with E-state index < -0.39 is 6.03 Å². The summed E-state index contributed by atoms with van der Waals surface area (Å²) < 4.78 is 11.1. The second kappa shape index (κ2) is 9.32. The highest BCUT2D eigenvalue weighted by Gasteiger charge is 2.08. The predicted molar refractivity (Wildman–Crippen MR) is 99.6 cm³/mol. The molecule has 2 N–H and O–H groups in total. The van der Waals surface area contributed by atoms with Gasteiger partial charge in [-0.2, -0.15) is 5.10 Å².